The summed E-state index contributed by atoms with van der Waals surface area (Å²) in [6, 6.07) is 7.17. The van der Waals surface area contributed by atoms with Gasteiger partial charge >= 0.3 is 0 Å². The standard InChI is InChI=1S/C13H12N2O2S/c1-2-13(17)10-6-4-3-5-9(10)11(16)15(13)12-14-7-8-18-12/h3-8,17H,2H2,1H3. The lowest BCUT2D eigenvalue weighted by atomic mass is 9.99. The summed E-state index contributed by atoms with van der Waals surface area (Å²) in [6.07, 6.45) is 2.06. The van der Waals surface area contributed by atoms with Gasteiger partial charge in [0.25, 0.3) is 5.91 Å². The molecule has 0 bridgehead atoms. The Labute approximate surface area is 109 Å². The number of aliphatic hydroxyl groups is 1. The van der Waals surface area contributed by atoms with Crippen molar-refractivity contribution in [2.24, 2.45) is 0 Å². The maximum absolute atomic E-state index is 12.4. The van der Waals surface area contributed by atoms with Gasteiger partial charge in [-0.3, -0.25) is 4.79 Å². The molecule has 0 saturated heterocycles. The van der Waals surface area contributed by atoms with Gasteiger partial charge in [-0.05, 0) is 12.5 Å². The summed E-state index contributed by atoms with van der Waals surface area (Å²) in [5.74, 6) is -0.190. The second-order valence-electron chi connectivity index (χ2n) is 4.17. The molecule has 1 atom stereocenters. The summed E-state index contributed by atoms with van der Waals surface area (Å²) in [6.45, 7) is 1.86. The third kappa shape index (κ3) is 1.34. The van der Waals surface area contributed by atoms with Crippen molar-refractivity contribution in [2.45, 2.75) is 19.1 Å². The Balaban J connectivity index is 2.21. The molecule has 0 fully saturated rings. The minimum atomic E-state index is -1.29. The summed E-state index contributed by atoms with van der Waals surface area (Å²) >= 11 is 1.35. The number of hydrogen-bond acceptors (Lipinski definition) is 4. The molecule has 92 valence electrons. The molecule has 1 amide bonds. The number of nitrogens with zero attached hydrogens (tertiary/aromatic N) is 2. The first-order chi connectivity index (χ1) is 8.68. The molecular weight excluding hydrogens is 248 g/mol. The van der Waals surface area contributed by atoms with Crippen LogP contribution in [0.25, 0.3) is 0 Å². The molecule has 1 aromatic carbocycles. The molecule has 0 saturated carbocycles. The highest BCUT2D eigenvalue weighted by Crippen LogP contribution is 2.42. The number of fused-ring (bicyclic) bond motifs is 1. The van der Waals surface area contributed by atoms with E-state index in [0.717, 1.165) is 0 Å². The first-order valence-corrected chi connectivity index (χ1v) is 6.62. The number of carbonyl (C=O) groups is 1. The van der Waals surface area contributed by atoms with Gasteiger partial charge in [0, 0.05) is 22.7 Å². The number of aromatic nitrogens is 1. The van der Waals surface area contributed by atoms with Crippen LogP contribution in [-0.2, 0) is 5.72 Å². The normalized spacial score (nSPS) is 22.3. The van der Waals surface area contributed by atoms with E-state index in [9.17, 15) is 9.90 Å². The van der Waals surface area contributed by atoms with Crippen molar-refractivity contribution >= 4 is 22.4 Å². The number of hydrogen-bond donors (Lipinski definition) is 1. The van der Waals surface area contributed by atoms with Crippen LogP contribution in [0.5, 0.6) is 0 Å². The Morgan fingerprint density at radius 3 is 2.89 bits per heavy atom. The fourth-order valence-corrected chi connectivity index (χ4v) is 3.05. The van der Waals surface area contributed by atoms with Gasteiger partial charge in [0.1, 0.15) is 0 Å². The first kappa shape index (κ1) is 11.4. The van der Waals surface area contributed by atoms with E-state index in [1.165, 1.54) is 16.2 Å². The van der Waals surface area contributed by atoms with Crippen LogP contribution in [0.4, 0.5) is 5.13 Å². The molecular formula is C13H12N2O2S. The third-order valence-corrected chi connectivity index (χ3v) is 4.02. The van der Waals surface area contributed by atoms with Crippen LogP contribution >= 0.6 is 11.3 Å². The lowest BCUT2D eigenvalue weighted by molar-refractivity contribution is 0.0357. The van der Waals surface area contributed by atoms with Gasteiger partial charge in [0.2, 0.25) is 0 Å². The van der Waals surface area contributed by atoms with Crippen molar-refractivity contribution in [3.05, 3.63) is 47.0 Å². The highest BCUT2D eigenvalue weighted by Gasteiger charge is 2.48. The number of amides is 1. The number of rotatable bonds is 2. The summed E-state index contributed by atoms with van der Waals surface area (Å²) in [4.78, 5) is 17.9. The molecule has 2 heterocycles. The third-order valence-electron chi connectivity index (χ3n) is 3.27. The van der Waals surface area contributed by atoms with Crippen LogP contribution in [0.1, 0.15) is 29.3 Å². The molecule has 1 aliphatic heterocycles. The number of thiazole rings is 1. The molecule has 18 heavy (non-hydrogen) atoms. The van der Waals surface area contributed by atoms with Crippen LogP contribution in [-0.4, -0.2) is 16.0 Å². The zero-order valence-electron chi connectivity index (χ0n) is 9.83. The molecule has 2 aromatic rings. The van der Waals surface area contributed by atoms with Crippen LogP contribution < -0.4 is 4.90 Å². The average molecular weight is 260 g/mol. The molecule has 1 N–H and O–H groups in total. The fourth-order valence-electron chi connectivity index (χ4n) is 2.35. The van der Waals surface area contributed by atoms with Gasteiger partial charge in [0.15, 0.2) is 10.9 Å². The molecule has 4 nitrogen and oxygen atoms in total. The SMILES string of the molecule is CCC1(O)c2ccccc2C(=O)N1c1nccs1. The van der Waals surface area contributed by atoms with Gasteiger partial charge in [-0.25, -0.2) is 9.88 Å². The summed E-state index contributed by atoms with van der Waals surface area (Å²) in [5.41, 5.74) is -0.0734. The zero-order chi connectivity index (χ0) is 12.8. The van der Waals surface area contributed by atoms with Crippen molar-refractivity contribution in [1.82, 2.24) is 4.98 Å². The van der Waals surface area contributed by atoms with Crippen LogP contribution in [0.2, 0.25) is 0 Å². The molecule has 1 aromatic heterocycles. The van der Waals surface area contributed by atoms with Crippen molar-refractivity contribution in [3.8, 4) is 0 Å². The number of anilines is 1. The Bertz CT molecular complexity index is 597. The molecule has 1 unspecified atom stereocenters. The Hall–Kier alpha value is -1.72. The highest BCUT2D eigenvalue weighted by atomic mass is 32.1. The van der Waals surface area contributed by atoms with Crippen molar-refractivity contribution in [1.29, 1.82) is 0 Å². The Kier molecular flexibility index (Phi) is 2.46. The molecule has 1 aliphatic rings. The lowest BCUT2D eigenvalue weighted by Gasteiger charge is -2.31. The van der Waals surface area contributed by atoms with Gasteiger partial charge in [-0.15, -0.1) is 11.3 Å². The predicted octanol–water partition coefficient (Wildman–Crippen LogP) is 2.36. The predicted molar refractivity (Wildman–Crippen MR) is 69.6 cm³/mol. The van der Waals surface area contributed by atoms with Crippen molar-refractivity contribution < 1.29 is 9.90 Å². The quantitative estimate of drug-likeness (QED) is 0.901. The number of benzene rings is 1. The Morgan fingerprint density at radius 2 is 2.22 bits per heavy atom. The second kappa shape index (κ2) is 3.90. The van der Waals surface area contributed by atoms with Gasteiger partial charge in [-0.2, -0.15) is 0 Å². The topological polar surface area (TPSA) is 53.4 Å². The molecule has 0 spiro atoms. The minimum absolute atomic E-state index is 0.190. The van der Waals surface area contributed by atoms with Gasteiger partial charge in [-0.1, -0.05) is 25.1 Å². The van der Waals surface area contributed by atoms with E-state index >= 15 is 0 Å². The summed E-state index contributed by atoms with van der Waals surface area (Å²) in [5, 5.41) is 13.1. The van der Waals surface area contributed by atoms with E-state index in [1.54, 1.807) is 29.8 Å². The second-order valence-corrected chi connectivity index (χ2v) is 5.04. The van der Waals surface area contributed by atoms with E-state index in [4.69, 9.17) is 0 Å². The molecule has 0 radical (unpaired) electrons. The monoisotopic (exact) mass is 260 g/mol. The first-order valence-electron chi connectivity index (χ1n) is 5.74. The van der Waals surface area contributed by atoms with E-state index in [2.05, 4.69) is 4.98 Å². The van der Waals surface area contributed by atoms with E-state index in [-0.39, 0.29) is 5.91 Å². The molecule has 3 rings (SSSR count). The van der Waals surface area contributed by atoms with Gasteiger partial charge in [0.05, 0.1) is 0 Å². The number of carbonyl (C=O) groups excluding carboxylic acids is 1. The van der Waals surface area contributed by atoms with Gasteiger partial charge < -0.3 is 5.11 Å². The van der Waals surface area contributed by atoms with Crippen LogP contribution in [0.3, 0.4) is 0 Å². The van der Waals surface area contributed by atoms with Crippen molar-refractivity contribution in [3.63, 3.8) is 0 Å². The van der Waals surface area contributed by atoms with E-state index < -0.39 is 5.72 Å². The largest absolute Gasteiger partial charge is 0.366 e. The average Bonchev–Trinajstić information content (AvgIpc) is 2.98. The van der Waals surface area contributed by atoms with Crippen LogP contribution in [0, 0.1) is 0 Å². The maximum atomic E-state index is 12.4. The molecule has 5 heteroatoms. The van der Waals surface area contributed by atoms with E-state index in [1.807, 2.05) is 13.0 Å². The van der Waals surface area contributed by atoms with Crippen molar-refractivity contribution in [2.75, 3.05) is 4.90 Å². The smallest absolute Gasteiger partial charge is 0.263 e. The maximum Gasteiger partial charge on any atom is 0.263 e. The fraction of sp³-hybridized carbons (Fsp3) is 0.231. The van der Waals surface area contributed by atoms with E-state index in [0.29, 0.717) is 22.7 Å². The summed E-state index contributed by atoms with van der Waals surface area (Å²) < 4.78 is 0. The molecule has 0 aliphatic carbocycles. The zero-order valence-corrected chi connectivity index (χ0v) is 10.6. The minimum Gasteiger partial charge on any atom is -0.366 e. The lowest BCUT2D eigenvalue weighted by Crippen LogP contribution is -2.43. The highest BCUT2D eigenvalue weighted by molar-refractivity contribution is 7.13. The Morgan fingerprint density at radius 1 is 1.44 bits per heavy atom. The van der Waals surface area contributed by atoms with Crippen LogP contribution in [0.15, 0.2) is 35.8 Å². The summed E-state index contributed by atoms with van der Waals surface area (Å²) in [7, 11) is 0.